The highest BCUT2D eigenvalue weighted by atomic mass is 35.5. The largest absolute Gasteiger partial charge is 0.453 e. The molecule has 3 aliphatic heterocycles. The highest BCUT2D eigenvalue weighted by Gasteiger charge is 2.48. The summed E-state index contributed by atoms with van der Waals surface area (Å²) in [6.45, 7) is 3.27. The smallest absolute Gasteiger partial charge is 0.409 e. The van der Waals surface area contributed by atoms with E-state index < -0.39 is 45.4 Å². The molecule has 3 heterocycles. The summed E-state index contributed by atoms with van der Waals surface area (Å²) in [5, 5.41) is 9.50. The number of carbonyl (C=O) groups is 3. The number of amides is 3. The van der Waals surface area contributed by atoms with Gasteiger partial charge in [0.1, 0.15) is 11.9 Å². The van der Waals surface area contributed by atoms with Crippen LogP contribution in [-0.2, 0) is 36.1 Å². The number of methoxy groups -OCH3 is 1. The van der Waals surface area contributed by atoms with Crippen molar-refractivity contribution in [2.75, 3.05) is 51.0 Å². The van der Waals surface area contributed by atoms with Crippen molar-refractivity contribution in [2.45, 2.75) is 69.0 Å². The molecule has 12 nitrogen and oxygen atoms in total. The van der Waals surface area contributed by atoms with Crippen molar-refractivity contribution in [1.82, 2.24) is 19.8 Å². The zero-order valence-electron chi connectivity index (χ0n) is 27.2. The molecule has 0 saturated carbocycles. The molecule has 2 aromatic rings. The Morgan fingerprint density at radius 3 is 2.56 bits per heavy atom. The Morgan fingerprint density at radius 1 is 1.15 bits per heavy atom. The molecule has 0 spiro atoms. The first-order valence-electron chi connectivity index (χ1n) is 16.3. The number of hydrogen-bond acceptors (Lipinski definition) is 8. The van der Waals surface area contributed by atoms with Crippen LogP contribution in [0.3, 0.4) is 0 Å². The molecular weight excluding hydrogens is 665 g/mol. The summed E-state index contributed by atoms with van der Waals surface area (Å²) in [4.78, 5) is 41.2. The van der Waals surface area contributed by atoms with Gasteiger partial charge >= 0.3 is 12.2 Å². The number of anilines is 1. The lowest BCUT2D eigenvalue weighted by atomic mass is 9.67. The lowest BCUT2D eigenvalue weighted by molar-refractivity contribution is -0.120. The first-order valence-corrected chi connectivity index (χ1v) is 18.3. The maximum Gasteiger partial charge on any atom is 0.409 e. The van der Waals surface area contributed by atoms with Gasteiger partial charge in [0.15, 0.2) is 0 Å². The Balaban J connectivity index is 1.43. The average Bonchev–Trinajstić information content (AvgIpc) is 3.19. The van der Waals surface area contributed by atoms with Crippen LogP contribution in [0, 0.1) is 5.82 Å². The van der Waals surface area contributed by atoms with Gasteiger partial charge in [0.05, 0.1) is 19.5 Å². The molecule has 2 bridgehead atoms. The zero-order chi connectivity index (χ0) is 34.5. The normalized spacial score (nSPS) is 23.7. The number of ether oxygens (including phenoxy) is 2. The van der Waals surface area contributed by atoms with Crippen LogP contribution in [0.15, 0.2) is 42.5 Å². The Hall–Kier alpha value is -3.46. The van der Waals surface area contributed by atoms with Gasteiger partial charge in [-0.15, -0.1) is 0 Å². The minimum Gasteiger partial charge on any atom is -0.453 e. The number of nitrogens with zero attached hydrogens (tertiary/aromatic N) is 2. The zero-order valence-corrected chi connectivity index (χ0v) is 28.7. The van der Waals surface area contributed by atoms with E-state index in [4.69, 9.17) is 21.1 Å². The van der Waals surface area contributed by atoms with Gasteiger partial charge in [0.2, 0.25) is 15.9 Å². The molecule has 3 amide bonds. The molecule has 0 radical (unpaired) electrons. The van der Waals surface area contributed by atoms with Gasteiger partial charge in [-0.2, -0.15) is 4.31 Å². The average molecular weight is 708 g/mol. The third kappa shape index (κ3) is 7.88. The molecular formula is C33H43ClFN5O7S. The number of likely N-dealkylation sites (tertiary alicyclic amines) is 1. The summed E-state index contributed by atoms with van der Waals surface area (Å²) in [6.07, 6.45) is 1.14. The lowest BCUT2D eigenvalue weighted by Gasteiger charge is -2.46. The number of hydrogen-bond donors (Lipinski definition) is 3. The van der Waals surface area contributed by atoms with Gasteiger partial charge in [-0.3, -0.25) is 4.79 Å². The summed E-state index contributed by atoms with van der Waals surface area (Å²) in [6, 6.07) is 9.86. The van der Waals surface area contributed by atoms with Gasteiger partial charge in [-0.1, -0.05) is 29.8 Å². The summed E-state index contributed by atoms with van der Waals surface area (Å²) in [5.74, 6) is -1.06. The van der Waals surface area contributed by atoms with Crippen molar-refractivity contribution in [3.63, 3.8) is 0 Å². The number of piperazine rings is 1. The Kier molecular flexibility index (Phi) is 11.5. The number of benzene rings is 2. The van der Waals surface area contributed by atoms with E-state index in [2.05, 4.69) is 16.0 Å². The number of nitrogens with one attached hydrogen (secondary N) is 3. The minimum atomic E-state index is -3.43. The quantitative estimate of drug-likeness (QED) is 0.354. The SMILES string of the molecule is CCOC(=O)N1CCC(c2ccc(Cl)cc2)(C(NC(=O)OC)C(=O)Nc2cccc(F)c2CCC2CNC3CCCS(=O)(=O)N2C3)CC1. The Morgan fingerprint density at radius 2 is 1.88 bits per heavy atom. The molecule has 5 rings (SSSR count). The summed E-state index contributed by atoms with van der Waals surface area (Å²) in [7, 11) is -2.24. The second-order valence-electron chi connectivity index (χ2n) is 12.5. The van der Waals surface area contributed by atoms with Crippen molar-refractivity contribution in [3.8, 4) is 0 Å². The molecule has 0 aromatic heterocycles. The van der Waals surface area contributed by atoms with Crippen LogP contribution < -0.4 is 16.0 Å². The number of carbonyl (C=O) groups excluding carboxylic acids is 3. The second-order valence-corrected chi connectivity index (χ2v) is 15.0. The van der Waals surface area contributed by atoms with Crippen molar-refractivity contribution in [1.29, 1.82) is 0 Å². The fraction of sp³-hybridized carbons (Fsp3) is 0.545. The van der Waals surface area contributed by atoms with Crippen LogP contribution in [0.2, 0.25) is 5.02 Å². The van der Waals surface area contributed by atoms with Crippen LogP contribution in [-0.4, -0.2) is 99.5 Å². The van der Waals surface area contributed by atoms with E-state index >= 15 is 4.39 Å². The summed E-state index contributed by atoms with van der Waals surface area (Å²) >= 11 is 6.21. The fourth-order valence-electron chi connectivity index (χ4n) is 7.15. The molecule has 3 fully saturated rings. The molecule has 0 aliphatic carbocycles. The van der Waals surface area contributed by atoms with E-state index in [1.165, 1.54) is 19.2 Å². The second kappa shape index (κ2) is 15.4. The highest BCUT2D eigenvalue weighted by Crippen LogP contribution is 2.40. The Labute approximate surface area is 285 Å². The van der Waals surface area contributed by atoms with Crippen LogP contribution in [0.5, 0.6) is 0 Å². The van der Waals surface area contributed by atoms with Gasteiger partial charge in [0, 0.05) is 60.0 Å². The van der Waals surface area contributed by atoms with E-state index in [0.29, 0.717) is 36.5 Å². The first kappa shape index (κ1) is 35.8. The van der Waals surface area contributed by atoms with Crippen molar-refractivity contribution < 1.29 is 36.7 Å². The number of alkyl carbamates (subject to hydrolysis) is 1. The molecule has 262 valence electrons. The van der Waals surface area contributed by atoms with Crippen LogP contribution in [0.1, 0.15) is 50.2 Å². The molecule has 4 atom stereocenters. The van der Waals surface area contributed by atoms with E-state index in [1.54, 1.807) is 46.5 Å². The molecule has 48 heavy (non-hydrogen) atoms. The fourth-order valence-corrected chi connectivity index (χ4v) is 9.08. The van der Waals surface area contributed by atoms with Gasteiger partial charge < -0.3 is 30.3 Å². The number of piperidine rings is 1. The van der Waals surface area contributed by atoms with E-state index in [9.17, 15) is 22.8 Å². The first-order chi connectivity index (χ1) is 23.0. The molecule has 2 aromatic carbocycles. The molecule has 4 unspecified atom stereocenters. The number of sulfonamides is 1. The maximum atomic E-state index is 15.5. The van der Waals surface area contributed by atoms with Crippen molar-refractivity contribution in [3.05, 3.63) is 64.4 Å². The van der Waals surface area contributed by atoms with Gasteiger partial charge in [-0.05, 0) is 75.3 Å². The molecule has 15 heteroatoms. The van der Waals surface area contributed by atoms with E-state index in [-0.39, 0.29) is 68.0 Å². The van der Waals surface area contributed by atoms with Crippen molar-refractivity contribution >= 4 is 45.4 Å². The minimum absolute atomic E-state index is 0.0875. The third-order valence-electron chi connectivity index (χ3n) is 9.73. The van der Waals surface area contributed by atoms with E-state index in [1.807, 2.05) is 0 Å². The van der Waals surface area contributed by atoms with Gasteiger partial charge in [0.25, 0.3) is 0 Å². The number of halogens is 2. The lowest BCUT2D eigenvalue weighted by Crippen LogP contribution is -2.60. The number of rotatable bonds is 9. The molecule has 3 aliphatic rings. The molecule has 3 saturated heterocycles. The number of fused-ring (bicyclic) bond motifs is 2. The maximum absolute atomic E-state index is 15.5. The summed E-state index contributed by atoms with van der Waals surface area (Å²) < 4.78 is 53.1. The molecule has 3 N–H and O–H groups in total. The van der Waals surface area contributed by atoms with Crippen molar-refractivity contribution in [2.24, 2.45) is 0 Å². The van der Waals surface area contributed by atoms with E-state index in [0.717, 1.165) is 6.42 Å². The predicted molar refractivity (Wildman–Crippen MR) is 179 cm³/mol. The highest BCUT2D eigenvalue weighted by molar-refractivity contribution is 7.89. The van der Waals surface area contributed by atoms with Gasteiger partial charge in [-0.25, -0.2) is 22.4 Å². The standard InChI is InChI=1S/C33H43ClFN5O7S/c1-3-47-32(43)39-17-15-33(16-18-39,22-9-11-23(34)12-10-22)29(38-31(42)46-2)30(41)37-28-8-4-7-27(35)26(28)14-13-25-20-36-24-6-5-19-48(44,45)40(25)21-24/h4,7-12,24-25,29,36H,3,5-6,13-21H2,1-2H3,(H,37,41)(H,38,42). The Bertz CT molecular complexity index is 1590. The van der Waals surface area contributed by atoms with Crippen LogP contribution in [0.4, 0.5) is 19.7 Å². The third-order valence-corrected chi connectivity index (χ3v) is 11.9. The monoisotopic (exact) mass is 707 g/mol. The topological polar surface area (TPSA) is 146 Å². The van der Waals surface area contributed by atoms with Crippen LogP contribution in [0.25, 0.3) is 0 Å². The van der Waals surface area contributed by atoms with Crippen LogP contribution >= 0.6 is 11.6 Å². The summed E-state index contributed by atoms with van der Waals surface area (Å²) in [5.41, 5.74) is 0.153. The predicted octanol–water partition coefficient (Wildman–Crippen LogP) is 4.03.